The van der Waals surface area contributed by atoms with E-state index in [-0.39, 0.29) is 0 Å². The summed E-state index contributed by atoms with van der Waals surface area (Å²) in [5.74, 6) is 1.68. The van der Waals surface area contributed by atoms with E-state index in [4.69, 9.17) is 15.5 Å². The highest BCUT2D eigenvalue weighted by atomic mass is 16.2. The van der Waals surface area contributed by atoms with Crippen molar-refractivity contribution in [3.05, 3.63) is 29.8 Å². The molecule has 1 rings (SSSR count). The Morgan fingerprint density at radius 2 is 2.08 bits per heavy atom. The quantitative estimate of drug-likeness (QED) is 0.573. The zero-order valence-electron chi connectivity index (χ0n) is 6.23. The molecule has 56 valence electrons. The van der Waals surface area contributed by atoms with Gasteiger partial charge in [0.05, 0.1) is 11.6 Å². The molecular formula is C8H5BN2O. The lowest BCUT2D eigenvalue weighted by Crippen LogP contribution is -2.28. The highest BCUT2D eigenvalue weighted by molar-refractivity contribution is 6.73. The van der Waals surface area contributed by atoms with Gasteiger partial charge in [-0.2, -0.15) is 5.26 Å². The van der Waals surface area contributed by atoms with Crippen LogP contribution in [-0.2, 0) is 0 Å². The van der Waals surface area contributed by atoms with Gasteiger partial charge in [0.15, 0.2) is 0 Å². The molecule has 1 aromatic carbocycles. The van der Waals surface area contributed by atoms with E-state index in [2.05, 4.69) is 0 Å². The Hall–Kier alpha value is -1.78. The van der Waals surface area contributed by atoms with Gasteiger partial charge in [0.25, 0.3) is 0 Å². The number of nitriles is 2. The molecule has 0 spiro atoms. The third-order valence-corrected chi connectivity index (χ3v) is 1.45. The average Bonchev–Trinajstić information content (AvgIpc) is 2.17. The highest BCUT2D eigenvalue weighted by Crippen LogP contribution is 1.94. The summed E-state index contributed by atoms with van der Waals surface area (Å²) in [4.78, 5) is 0. The molecule has 3 nitrogen and oxygen atoms in total. The van der Waals surface area contributed by atoms with Gasteiger partial charge < -0.3 is 5.02 Å². The SMILES string of the molecule is N#CB(O)c1cccc(C#N)c1. The minimum atomic E-state index is -1.14. The van der Waals surface area contributed by atoms with Crippen LogP contribution in [0.4, 0.5) is 0 Å². The predicted octanol–water partition coefficient (Wildman–Crippen LogP) is -0.188. The molecule has 0 bridgehead atoms. The minimum Gasteiger partial charge on any atom is -0.435 e. The molecule has 0 radical (unpaired) electrons. The van der Waals surface area contributed by atoms with E-state index in [1.807, 2.05) is 6.07 Å². The van der Waals surface area contributed by atoms with E-state index in [0.29, 0.717) is 11.0 Å². The van der Waals surface area contributed by atoms with Gasteiger partial charge in [-0.15, -0.1) is 0 Å². The minimum absolute atomic E-state index is 0.446. The normalized spacial score (nSPS) is 8.25. The first-order valence-electron chi connectivity index (χ1n) is 3.35. The van der Waals surface area contributed by atoms with Gasteiger partial charge >= 0.3 is 6.92 Å². The monoisotopic (exact) mass is 156 g/mol. The molecule has 0 atom stereocenters. The summed E-state index contributed by atoms with van der Waals surface area (Å²) in [6.45, 7) is -1.14. The lowest BCUT2D eigenvalue weighted by atomic mass is 9.63. The zero-order valence-corrected chi connectivity index (χ0v) is 6.23. The molecule has 0 aliphatic rings. The summed E-state index contributed by atoms with van der Waals surface area (Å²) < 4.78 is 0. The third kappa shape index (κ3) is 1.63. The maximum absolute atomic E-state index is 9.08. The van der Waals surface area contributed by atoms with Crippen molar-refractivity contribution in [2.24, 2.45) is 0 Å². The topological polar surface area (TPSA) is 67.8 Å². The van der Waals surface area contributed by atoms with Crippen molar-refractivity contribution in [3.8, 4) is 12.0 Å². The molecule has 0 saturated carbocycles. The van der Waals surface area contributed by atoms with Gasteiger partial charge in [0.1, 0.15) is 0 Å². The van der Waals surface area contributed by atoms with Crippen molar-refractivity contribution >= 4 is 12.4 Å². The fraction of sp³-hybridized carbons (Fsp3) is 0. The molecular weight excluding hydrogens is 151 g/mol. The first-order chi connectivity index (χ1) is 5.77. The third-order valence-electron chi connectivity index (χ3n) is 1.45. The zero-order chi connectivity index (χ0) is 8.97. The van der Waals surface area contributed by atoms with E-state index in [0.717, 1.165) is 0 Å². The smallest absolute Gasteiger partial charge is 0.435 e. The van der Waals surface area contributed by atoms with Crippen LogP contribution >= 0.6 is 0 Å². The predicted molar refractivity (Wildman–Crippen MR) is 44.4 cm³/mol. The van der Waals surface area contributed by atoms with Crippen molar-refractivity contribution in [2.75, 3.05) is 0 Å². The fourth-order valence-electron chi connectivity index (χ4n) is 0.853. The average molecular weight is 156 g/mol. The summed E-state index contributed by atoms with van der Waals surface area (Å²) in [6.07, 6.45) is 0. The van der Waals surface area contributed by atoms with Crippen LogP contribution in [0.5, 0.6) is 0 Å². The number of hydrogen-bond acceptors (Lipinski definition) is 3. The summed E-state index contributed by atoms with van der Waals surface area (Å²) in [7, 11) is 0. The van der Waals surface area contributed by atoms with Crippen molar-refractivity contribution in [2.45, 2.75) is 0 Å². The van der Waals surface area contributed by atoms with Crippen molar-refractivity contribution in [3.63, 3.8) is 0 Å². The Morgan fingerprint density at radius 3 is 2.67 bits per heavy atom. The standard InChI is InChI=1S/C8H5BN2O/c10-5-7-2-1-3-8(4-7)9(12)6-11/h1-4,12H. The Morgan fingerprint density at radius 1 is 1.33 bits per heavy atom. The van der Waals surface area contributed by atoms with Crippen LogP contribution < -0.4 is 5.46 Å². The lowest BCUT2D eigenvalue weighted by Gasteiger charge is -1.96. The Bertz CT molecular complexity index is 364. The summed E-state index contributed by atoms with van der Waals surface area (Å²) >= 11 is 0. The molecule has 0 saturated heterocycles. The summed E-state index contributed by atoms with van der Waals surface area (Å²) in [5.41, 5.74) is 0.901. The lowest BCUT2D eigenvalue weighted by molar-refractivity contribution is 0.600. The van der Waals surface area contributed by atoms with Crippen molar-refractivity contribution < 1.29 is 5.02 Å². The molecule has 0 aliphatic carbocycles. The Balaban J connectivity index is 3.05. The number of benzene rings is 1. The van der Waals surface area contributed by atoms with Crippen LogP contribution in [0.2, 0.25) is 0 Å². The number of hydrogen-bond donors (Lipinski definition) is 1. The fourth-order valence-corrected chi connectivity index (χ4v) is 0.853. The Labute approximate surface area is 70.6 Å². The van der Waals surface area contributed by atoms with Gasteiger partial charge in [-0.05, 0) is 17.6 Å². The van der Waals surface area contributed by atoms with Crippen molar-refractivity contribution in [1.29, 1.82) is 10.5 Å². The van der Waals surface area contributed by atoms with Crippen molar-refractivity contribution in [1.82, 2.24) is 0 Å². The van der Waals surface area contributed by atoms with Crippen LogP contribution in [0.1, 0.15) is 5.56 Å². The van der Waals surface area contributed by atoms with Gasteiger partial charge in [-0.25, -0.2) is 5.26 Å². The first-order valence-corrected chi connectivity index (χ1v) is 3.35. The van der Waals surface area contributed by atoms with Crippen LogP contribution in [0, 0.1) is 22.6 Å². The maximum atomic E-state index is 9.08. The summed E-state index contributed by atoms with van der Waals surface area (Å²) in [6, 6.07) is 8.28. The van der Waals surface area contributed by atoms with E-state index >= 15 is 0 Å². The van der Waals surface area contributed by atoms with E-state index in [1.54, 1.807) is 24.2 Å². The highest BCUT2D eigenvalue weighted by Gasteiger charge is 2.12. The molecule has 0 aromatic heterocycles. The van der Waals surface area contributed by atoms with E-state index < -0.39 is 6.92 Å². The molecule has 1 aromatic rings. The van der Waals surface area contributed by atoms with Gasteiger partial charge in [0, 0.05) is 5.97 Å². The van der Waals surface area contributed by atoms with Crippen LogP contribution in [0.15, 0.2) is 24.3 Å². The Kier molecular flexibility index (Phi) is 2.47. The summed E-state index contributed by atoms with van der Waals surface area (Å²) in [5, 5.41) is 25.9. The van der Waals surface area contributed by atoms with Crippen LogP contribution in [0.3, 0.4) is 0 Å². The number of nitrogens with zero attached hydrogens (tertiary/aromatic N) is 2. The molecule has 12 heavy (non-hydrogen) atoms. The van der Waals surface area contributed by atoms with Gasteiger partial charge in [-0.1, -0.05) is 12.1 Å². The molecule has 0 unspecified atom stereocenters. The first kappa shape index (κ1) is 8.32. The molecule has 0 amide bonds. The molecule has 1 N–H and O–H groups in total. The second kappa shape index (κ2) is 3.57. The molecule has 4 heteroatoms. The van der Waals surface area contributed by atoms with Crippen LogP contribution in [-0.4, -0.2) is 11.9 Å². The van der Waals surface area contributed by atoms with E-state index in [9.17, 15) is 0 Å². The molecule has 0 fully saturated rings. The van der Waals surface area contributed by atoms with E-state index in [1.165, 1.54) is 6.07 Å². The van der Waals surface area contributed by atoms with Gasteiger partial charge in [-0.3, -0.25) is 0 Å². The maximum Gasteiger partial charge on any atom is 0.445 e. The second-order valence-corrected chi connectivity index (χ2v) is 2.27. The molecule has 0 heterocycles. The molecule has 0 aliphatic heterocycles. The largest absolute Gasteiger partial charge is 0.445 e. The van der Waals surface area contributed by atoms with Gasteiger partial charge in [0.2, 0.25) is 0 Å². The van der Waals surface area contributed by atoms with Crippen LogP contribution in [0.25, 0.3) is 0 Å². The number of rotatable bonds is 1. The second-order valence-electron chi connectivity index (χ2n) is 2.27.